The molecule has 1 aromatic rings. The monoisotopic (exact) mass is 333 g/mol. The molecule has 0 radical (unpaired) electrons. The molecule has 6 nitrogen and oxygen atoms in total. The van der Waals surface area contributed by atoms with E-state index in [1.165, 1.54) is 12.1 Å². The van der Waals surface area contributed by atoms with Gasteiger partial charge in [0.05, 0.1) is 28.2 Å². The molecular weight excluding hydrogens is 314 g/mol. The zero-order valence-corrected chi connectivity index (χ0v) is 13.9. The van der Waals surface area contributed by atoms with E-state index in [0.717, 1.165) is 12.5 Å². The van der Waals surface area contributed by atoms with Gasteiger partial charge < -0.3 is 9.64 Å². The summed E-state index contributed by atoms with van der Waals surface area (Å²) in [5.74, 6) is 0. The molecule has 0 saturated carbocycles. The van der Waals surface area contributed by atoms with Crippen LogP contribution in [0.5, 0.6) is 0 Å². The van der Waals surface area contributed by atoms with E-state index in [0.29, 0.717) is 25.4 Å². The van der Waals surface area contributed by atoms with Crippen LogP contribution in [-0.2, 0) is 24.4 Å². The van der Waals surface area contributed by atoms with Gasteiger partial charge in [-0.15, -0.1) is 0 Å². The zero-order chi connectivity index (χ0) is 15.8. The highest BCUT2D eigenvalue weighted by molar-refractivity contribution is 7.91. The quantitative estimate of drug-likeness (QED) is 0.811. The van der Waals surface area contributed by atoms with Crippen molar-refractivity contribution in [1.82, 2.24) is 0 Å². The Morgan fingerprint density at radius 1 is 1.14 bits per heavy atom. The second-order valence-corrected chi connectivity index (χ2v) is 9.30. The van der Waals surface area contributed by atoms with Gasteiger partial charge in [-0.1, -0.05) is 0 Å². The highest BCUT2D eigenvalue weighted by atomic mass is 32.2. The third-order valence-corrected chi connectivity index (χ3v) is 5.58. The molecule has 0 N–H and O–H groups in total. The van der Waals surface area contributed by atoms with Crippen molar-refractivity contribution < 1.29 is 21.6 Å². The lowest BCUT2D eigenvalue weighted by atomic mass is 10.2. The van der Waals surface area contributed by atoms with E-state index >= 15 is 0 Å². The molecular formula is C13H19NO5S2. The summed E-state index contributed by atoms with van der Waals surface area (Å²) < 4.78 is 52.7. The predicted octanol–water partition coefficient (Wildman–Crippen LogP) is 0.719. The molecule has 1 heterocycles. The maximum atomic E-state index is 12.0. The van der Waals surface area contributed by atoms with Crippen LogP contribution in [0.2, 0.25) is 0 Å². The molecule has 0 amide bonds. The lowest BCUT2D eigenvalue weighted by molar-refractivity contribution is 0.0530. The topological polar surface area (TPSA) is 80.8 Å². The van der Waals surface area contributed by atoms with E-state index in [9.17, 15) is 16.8 Å². The summed E-state index contributed by atoms with van der Waals surface area (Å²) in [7, 11) is -6.98. The Labute approximate surface area is 125 Å². The highest BCUT2D eigenvalue weighted by Gasteiger charge is 2.24. The molecule has 1 aliphatic rings. The molecule has 2 rings (SSSR count). The van der Waals surface area contributed by atoms with Crippen LogP contribution in [0.1, 0.15) is 6.92 Å². The van der Waals surface area contributed by atoms with Crippen molar-refractivity contribution in [3.63, 3.8) is 0 Å². The number of sulfone groups is 2. The number of nitrogens with zero attached hydrogens (tertiary/aromatic N) is 1. The maximum absolute atomic E-state index is 12.0. The Morgan fingerprint density at radius 3 is 2.33 bits per heavy atom. The van der Waals surface area contributed by atoms with Crippen molar-refractivity contribution in [2.24, 2.45) is 0 Å². The number of benzene rings is 1. The maximum Gasteiger partial charge on any atom is 0.177 e. The van der Waals surface area contributed by atoms with Crippen molar-refractivity contribution in [2.75, 3.05) is 37.1 Å². The largest absolute Gasteiger partial charge is 0.375 e. The predicted molar refractivity (Wildman–Crippen MR) is 80.3 cm³/mol. The van der Waals surface area contributed by atoms with Gasteiger partial charge in [-0.25, -0.2) is 16.8 Å². The van der Waals surface area contributed by atoms with Crippen molar-refractivity contribution in [2.45, 2.75) is 22.8 Å². The molecule has 8 heteroatoms. The third-order valence-electron chi connectivity index (χ3n) is 3.34. The first-order valence-electron chi connectivity index (χ1n) is 6.50. The Morgan fingerprint density at radius 2 is 1.81 bits per heavy atom. The number of anilines is 1. The number of morpholine rings is 1. The van der Waals surface area contributed by atoms with Gasteiger partial charge in [0.15, 0.2) is 19.7 Å². The average molecular weight is 333 g/mol. The average Bonchev–Trinajstić information content (AvgIpc) is 2.36. The summed E-state index contributed by atoms with van der Waals surface area (Å²) >= 11 is 0. The van der Waals surface area contributed by atoms with Crippen molar-refractivity contribution in [3.05, 3.63) is 18.2 Å². The minimum Gasteiger partial charge on any atom is -0.375 e. The molecule has 21 heavy (non-hydrogen) atoms. The summed E-state index contributed by atoms with van der Waals surface area (Å²) in [4.78, 5) is 1.96. The molecule has 1 unspecified atom stereocenters. The fourth-order valence-electron chi connectivity index (χ4n) is 2.32. The number of hydrogen-bond donors (Lipinski definition) is 0. The van der Waals surface area contributed by atoms with Crippen LogP contribution in [0.4, 0.5) is 5.69 Å². The van der Waals surface area contributed by atoms with Crippen LogP contribution < -0.4 is 4.90 Å². The normalized spacial score (nSPS) is 20.5. The Hall–Kier alpha value is -1.12. The van der Waals surface area contributed by atoms with Crippen molar-refractivity contribution in [3.8, 4) is 0 Å². The Kier molecular flexibility index (Phi) is 4.32. The fourth-order valence-corrected chi connectivity index (χ4v) is 3.96. The smallest absolute Gasteiger partial charge is 0.177 e. The van der Waals surface area contributed by atoms with E-state index < -0.39 is 19.7 Å². The second kappa shape index (κ2) is 5.58. The van der Waals surface area contributed by atoms with E-state index in [2.05, 4.69) is 0 Å². The molecule has 0 aliphatic carbocycles. The molecule has 0 aromatic heterocycles. The highest BCUT2D eigenvalue weighted by Crippen LogP contribution is 2.29. The Bertz CT molecular complexity index is 740. The standard InChI is InChI=1S/C13H19NO5S2/c1-10-9-14(6-7-19-10)12-5-4-11(20(2,15)16)8-13(12)21(3,17)18/h4-5,8,10H,6-7,9H2,1-3H3. The zero-order valence-electron chi connectivity index (χ0n) is 12.2. The van der Waals surface area contributed by atoms with E-state index in [1.54, 1.807) is 6.07 Å². The van der Waals surface area contributed by atoms with Crippen LogP contribution in [0.25, 0.3) is 0 Å². The number of ether oxygens (including phenoxy) is 1. The first-order valence-corrected chi connectivity index (χ1v) is 10.3. The fraction of sp³-hybridized carbons (Fsp3) is 0.538. The molecule has 1 atom stereocenters. The summed E-state index contributed by atoms with van der Waals surface area (Å²) in [6.07, 6.45) is 2.15. The summed E-state index contributed by atoms with van der Waals surface area (Å²) in [6, 6.07) is 4.24. The van der Waals surface area contributed by atoms with E-state index in [1.807, 2.05) is 11.8 Å². The molecule has 1 fully saturated rings. The van der Waals surface area contributed by atoms with Gasteiger partial charge in [0.2, 0.25) is 0 Å². The molecule has 1 aliphatic heterocycles. The first kappa shape index (κ1) is 16.3. The van der Waals surface area contributed by atoms with Gasteiger partial charge in [-0.2, -0.15) is 0 Å². The first-order chi connectivity index (χ1) is 9.59. The molecule has 1 saturated heterocycles. The van der Waals surface area contributed by atoms with Gasteiger partial charge in [0.25, 0.3) is 0 Å². The number of rotatable bonds is 3. The SMILES string of the molecule is CC1CN(c2ccc(S(C)(=O)=O)cc2S(C)(=O)=O)CCO1. The minimum atomic E-state index is -3.53. The molecule has 0 spiro atoms. The minimum absolute atomic E-state index is 0.000689. The van der Waals surface area contributed by atoms with E-state index in [4.69, 9.17) is 4.74 Å². The van der Waals surface area contributed by atoms with Crippen LogP contribution in [-0.4, -0.2) is 55.1 Å². The van der Waals surface area contributed by atoms with Crippen LogP contribution in [0, 0.1) is 0 Å². The van der Waals surface area contributed by atoms with E-state index in [-0.39, 0.29) is 15.9 Å². The van der Waals surface area contributed by atoms with Gasteiger partial charge in [-0.05, 0) is 25.1 Å². The number of hydrogen-bond acceptors (Lipinski definition) is 6. The van der Waals surface area contributed by atoms with Gasteiger partial charge >= 0.3 is 0 Å². The lowest BCUT2D eigenvalue weighted by Gasteiger charge is -2.34. The van der Waals surface area contributed by atoms with Crippen molar-refractivity contribution in [1.29, 1.82) is 0 Å². The van der Waals surface area contributed by atoms with Crippen LogP contribution in [0.15, 0.2) is 28.0 Å². The summed E-state index contributed by atoms with van der Waals surface area (Å²) in [5.41, 5.74) is 0.528. The summed E-state index contributed by atoms with van der Waals surface area (Å²) in [5, 5.41) is 0. The molecule has 118 valence electrons. The second-order valence-electron chi connectivity index (χ2n) is 5.30. The van der Waals surface area contributed by atoms with Crippen LogP contribution in [0.3, 0.4) is 0 Å². The third kappa shape index (κ3) is 3.75. The molecule has 1 aromatic carbocycles. The molecule has 0 bridgehead atoms. The van der Waals surface area contributed by atoms with Gasteiger partial charge in [0.1, 0.15) is 0 Å². The van der Waals surface area contributed by atoms with Crippen LogP contribution >= 0.6 is 0 Å². The lowest BCUT2D eigenvalue weighted by Crippen LogP contribution is -2.41. The van der Waals surface area contributed by atoms with Crippen molar-refractivity contribution >= 4 is 25.4 Å². The van der Waals surface area contributed by atoms with Gasteiger partial charge in [0, 0.05) is 25.6 Å². The summed E-state index contributed by atoms with van der Waals surface area (Å²) in [6.45, 7) is 3.57. The van der Waals surface area contributed by atoms with Gasteiger partial charge in [-0.3, -0.25) is 0 Å². The Balaban J connectivity index is 2.56.